The Morgan fingerprint density at radius 3 is 2.80 bits per heavy atom. The molecule has 1 aromatic carbocycles. The number of ether oxygens (including phenoxy) is 1. The standard InChI is InChI=1S/C10H9ClFNOS/c11-10(5-7(12)6-15-10)14-9-4-2-1-3-8(9)13/h1-4,6H,5,13H2. The van der Waals surface area contributed by atoms with Crippen LogP contribution in [-0.2, 0) is 0 Å². The highest BCUT2D eigenvalue weighted by Gasteiger charge is 2.36. The van der Waals surface area contributed by atoms with Crippen molar-refractivity contribution in [1.82, 2.24) is 0 Å². The molecular formula is C10H9ClFNOS. The molecule has 1 aromatic rings. The van der Waals surface area contributed by atoms with E-state index in [9.17, 15) is 4.39 Å². The molecule has 0 spiro atoms. The second kappa shape index (κ2) is 3.94. The molecule has 2 N–H and O–H groups in total. The first kappa shape index (κ1) is 10.6. The number of anilines is 1. The second-order valence-electron chi connectivity index (χ2n) is 3.16. The van der Waals surface area contributed by atoms with E-state index >= 15 is 0 Å². The van der Waals surface area contributed by atoms with Crippen molar-refractivity contribution in [2.24, 2.45) is 0 Å². The zero-order valence-corrected chi connectivity index (χ0v) is 9.32. The van der Waals surface area contributed by atoms with Crippen LogP contribution in [0, 0.1) is 0 Å². The maximum Gasteiger partial charge on any atom is 0.240 e. The Hall–Kier alpha value is -0.870. The fraction of sp³-hybridized carbons (Fsp3) is 0.200. The molecule has 0 aliphatic carbocycles. The number of para-hydroxylation sites is 2. The molecule has 0 saturated heterocycles. The van der Waals surface area contributed by atoms with Crippen LogP contribution in [0.5, 0.6) is 5.75 Å². The van der Waals surface area contributed by atoms with Gasteiger partial charge in [0, 0.05) is 5.41 Å². The van der Waals surface area contributed by atoms with E-state index in [0.29, 0.717) is 11.4 Å². The molecule has 1 unspecified atom stereocenters. The maximum absolute atomic E-state index is 12.9. The van der Waals surface area contributed by atoms with Crippen molar-refractivity contribution in [1.29, 1.82) is 0 Å². The topological polar surface area (TPSA) is 35.2 Å². The summed E-state index contributed by atoms with van der Waals surface area (Å²) < 4.78 is 17.2. The zero-order chi connectivity index (χ0) is 10.9. The highest BCUT2D eigenvalue weighted by molar-refractivity contribution is 8.04. The number of halogens is 2. The molecule has 0 amide bonds. The Kier molecular flexibility index (Phi) is 2.80. The smallest absolute Gasteiger partial charge is 0.240 e. The second-order valence-corrected chi connectivity index (χ2v) is 5.12. The molecule has 0 fully saturated rings. The molecule has 15 heavy (non-hydrogen) atoms. The molecule has 2 rings (SSSR count). The van der Waals surface area contributed by atoms with E-state index in [4.69, 9.17) is 22.1 Å². The fourth-order valence-corrected chi connectivity index (χ4v) is 2.33. The van der Waals surface area contributed by atoms with Gasteiger partial charge in [0.2, 0.25) is 4.39 Å². The Bertz CT molecular complexity index is 412. The number of alkyl halides is 1. The number of thioether (sulfide) groups is 1. The van der Waals surface area contributed by atoms with Gasteiger partial charge in [-0.15, -0.1) is 0 Å². The molecule has 5 heteroatoms. The lowest BCUT2D eigenvalue weighted by molar-refractivity contribution is 0.246. The average molecular weight is 246 g/mol. The van der Waals surface area contributed by atoms with E-state index in [1.807, 2.05) is 0 Å². The lowest BCUT2D eigenvalue weighted by Crippen LogP contribution is -2.22. The van der Waals surface area contributed by atoms with Gasteiger partial charge in [0.15, 0.2) is 0 Å². The fourth-order valence-electron chi connectivity index (χ4n) is 1.23. The third-order valence-corrected chi connectivity index (χ3v) is 3.36. The molecule has 1 aliphatic heterocycles. The van der Waals surface area contributed by atoms with Crippen molar-refractivity contribution in [3.05, 3.63) is 35.5 Å². The number of benzene rings is 1. The number of nitrogens with two attached hydrogens (primary N) is 1. The minimum absolute atomic E-state index is 0.0492. The zero-order valence-electron chi connectivity index (χ0n) is 7.74. The highest BCUT2D eigenvalue weighted by Crippen LogP contribution is 2.46. The van der Waals surface area contributed by atoms with Crippen LogP contribution >= 0.6 is 23.4 Å². The molecule has 1 atom stereocenters. The molecule has 0 radical (unpaired) electrons. The molecular weight excluding hydrogens is 237 g/mol. The van der Waals surface area contributed by atoms with Crippen LogP contribution in [-0.4, -0.2) is 4.39 Å². The normalized spacial score (nSPS) is 25.1. The predicted molar refractivity (Wildman–Crippen MR) is 61.5 cm³/mol. The minimum atomic E-state index is -1.10. The van der Waals surface area contributed by atoms with Gasteiger partial charge in [0.1, 0.15) is 11.6 Å². The molecule has 0 aromatic heterocycles. The van der Waals surface area contributed by atoms with Crippen molar-refractivity contribution in [2.75, 3.05) is 5.73 Å². The van der Waals surface area contributed by atoms with Crippen molar-refractivity contribution in [3.8, 4) is 5.75 Å². The summed E-state index contributed by atoms with van der Waals surface area (Å²) in [5.41, 5.74) is 6.18. The lowest BCUT2D eigenvalue weighted by atomic mass is 10.3. The summed E-state index contributed by atoms with van der Waals surface area (Å²) in [4.78, 5) is 0. The van der Waals surface area contributed by atoms with Gasteiger partial charge in [-0.2, -0.15) is 0 Å². The van der Waals surface area contributed by atoms with Gasteiger partial charge in [-0.05, 0) is 12.1 Å². The van der Waals surface area contributed by atoms with Crippen LogP contribution in [0.25, 0.3) is 0 Å². The Morgan fingerprint density at radius 2 is 2.20 bits per heavy atom. The minimum Gasteiger partial charge on any atom is -0.460 e. The van der Waals surface area contributed by atoms with Crippen molar-refractivity contribution in [3.63, 3.8) is 0 Å². The van der Waals surface area contributed by atoms with Gasteiger partial charge < -0.3 is 10.5 Å². The Morgan fingerprint density at radius 1 is 1.47 bits per heavy atom. The first-order valence-corrected chi connectivity index (χ1v) is 5.60. The predicted octanol–water partition coefficient (Wildman–Crippen LogP) is 3.49. The van der Waals surface area contributed by atoms with E-state index in [-0.39, 0.29) is 12.2 Å². The summed E-state index contributed by atoms with van der Waals surface area (Å²) in [7, 11) is 0. The highest BCUT2D eigenvalue weighted by atomic mass is 35.5. The first-order chi connectivity index (χ1) is 7.09. The molecule has 0 bridgehead atoms. The van der Waals surface area contributed by atoms with Gasteiger partial charge in [-0.25, -0.2) is 4.39 Å². The first-order valence-electron chi connectivity index (χ1n) is 4.34. The average Bonchev–Trinajstić information content (AvgIpc) is 2.51. The molecule has 2 nitrogen and oxygen atoms in total. The van der Waals surface area contributed by atoms with Gasteiger partial charge in [0.05, 0.1) is 12.1 Å². The quantitative estimate of drug-likeness (QED) is 0.640. The summed E-state index contributed by atoms with van der Waals surface area (Å²) in [6.45, 7) is 0. The van der Waals surface area contributed by atoms with Crippen LogP contribution < -0.4 is 10.5 Å². The van der Waals surface area contributed by atoms with Gasteiger partial charge in [0.25, 0.3) is 0 Å². The van der Waals surface area contributed by atoms with Crippen LogP contribution in [0.2, 0.25) is 0 Å². The van der Waals surface area contributed by atoms with Crippen LogP contribution in [0.4, 0.5) is 10.1 Å². The van der Waals surface area contributed by atoms with Gasteiger partial charge in [-0.1, -0.05) is 35.5 Å². The molecule has 1 heterocycles. The van der Waals surface area contributed by atoms with E-state index in [1.54, 1.807) is 24.3 Å². The van der Waals surface area contributed by atoms with Crippen LogP contribution in [0.3, 0.4) is 0 Å². The Labute approximate surface area is 96.2 Å². The summed E-state index contributed by atoms with van der Waals surface area (Å²) in [6.07, 6.45) is 0.0492. The largest absolute Gasteiger partial charge is 0.460 e. The SMILES string of the molecule is Nc1ccccc1OC1(Cl)CC(F)=CS1. The number of nitrogen functional groups attached to an aromatic ring is 1. The summed E-state index contributed by atoms with van der Waals surface area (Å²) in [5, 5.41) is 1.35. The van der Waals surface area contributed by atoms with Crippen molar-refractivity contribution < 1.29 is 9.13 Å². The van der Waals surface area contributed by atoms with E-state index in [1.165, 1.54) is 5.41 Å². The number of hydrogen-bond donors (Lipinski definition) is 1. The monoisotopic (exact) mass is 245 g/mol. The number of rotatable bonds is 2. The lowest BCUT2D eigenvalue weighted by Gasteiger charge is -2.22. The van der Waals surface area contributed by atoms with Crippen LogP contribution in [0.1, 0.15) is 6.42 Å². The van der Waals surface area contributed by atoms with Gasteiger partial charge in [-0.3, -0.25) is 0 Å². The van der Waals surface area contributed by atoms with Gasteiger partial charge >= 0.3 is 0 Å². The van der Waals surface area contributed by atoms with Crippen molar-refractivity contribution >= 4 is 29.1 Å². The maximum atomic E-state index is 12.9. The molecule has 1 aliphatic rings. The molecule has 0 saturated carbocycles. The summed E-state index contributed by atoms with van der Waals surface area (Å²) in [6, 6.07) is 6.99. The van der Waals surface area contributed by atoms with E-state index in [2.05, 4.69) is 0 Å². The van der Waals surface area contributed by atoms with Crippen molar-refractivity contribution in [2.45, 2.75) is 10.8 Å². The van der Waals surface area contributed by atoms with E-state index in [0.717, 1.165) is 11.8 Å². The van der Waals surface area contributed by atoms with E-state index < -0.39 is 4.39 Å². The third kappa shape index (κ3) is 2.38. The Balaban J connectivity index is 2.13. The number of hydrogen-bond acceptors (Lipinski definition) is 3. The molecule has 80 valence electrons. The summed E-state index contributed by atoms with van der Waals surface area (Å²) >= 11 is 7.17. The third-order valence-electron chi connectivity index (χ3n) is 1.92. The van der Waals surface area contributed by atoms with Crippen LogP contribution in [0.15, 0.2) is 35.5 Å². The summed E-state index contributed by atoms with van der Waals surface area (Å²) in [5.74, 6) is 0.201.